The van der Waals surface area contributed by atoms with E-state index >= 15 is 0 Å². The van der Waals surface area contributed by atoms with Crippen molar-refractivity contribution in [3.8, 4) is 5.75 Å². The molecule has 2 fully saturated rings. The molecule has 1 saturated carbocycles. The van der Waals surface area contributed by atoms with Crippen molar-refractivity contribution in [2.45, 2.75) is 32.7 Å². The van der Waals surface area contributed by atoms with E-state index in [4.69, 9.17) is 0 Å². The van der Waals surface area contributed by atoms with E-state index in [1.807, 2.05) is 30.0 Å². The van der Waals surface area contributed by atoms with Crippen molar-refractivity contribution in [3.05, 3.63) is 71.5 Å². The Kier molecular flexibility index (Phi) is 7.00. The maximum atomic E-state index is 12.8. The highest BCUT2D eigenvalue weighted by molar-refractivity contribution is 6.03. The number of nitrogens with zero attached hydrogens (tertiary/aromatic N) is 4. The largest absolute Gasteiger partial charge is 0.573 e. The Labute approximate surface area is 218 Å². The predicted molar refractivity (Wildman–Crippen MR) is 135 cm³/mol. The Hall–Kier alpha value is -4.02. The predicted octanol–water partition coefficient (Wildman–Crippen LogP) is 4.45. The van der Waals surface area contributed by atoms with Crippen LogP contribution in [0.1, 0.15) is 34.6 Å². The number of halogens is 3. The number of hydrogen-bond acceptors (Lipinski definition) is 5. The maximum absolute atomic E-state index is 12.8. The molecule has 1 aromatic heterocycles. The first-order valence-corrected chi connectivity index (χ1v) is 12.5. The minimum Gasteiger partial charge on any atom is -0.404 e. The van der Waals surface area contributed by atoms with Crippen molar-refractivity contribution in [1.82, 2.24) is 14.7 Å². The van der Waals surface area contributed by atoms with Crippen LogP contribution in [0.5, 0.6) is 5.75 Å². The Morgan fingerprint density at radius 2 is 1.76 bits per heavy atom. The molecule has 0 atom stereocenters. The lowest BCUT2D eigenvalue weighted by Gasteiger charge is -2.36. The summed E-state index contributed by atoms with van der Waals surface area (Å²) < 4.78 is 43.8. The van der Waals surface area contributed by atoms with E-state index in [0.29, 0.717) is 19.6 Å². The SMILES string of the molecule is Cc1cc(C(=O)Nc2ccccc2OC(F)(F)F)nn1Cc1cccc(N2CCN(C(=O)C3CC3)CC2)c1. The molecule has 200 valence electrons. The summed E-state index contributed by atoms with van der Waals surface area (Å²) in [5.74, 6) is -0.627. The molecule has 1 aliphatic carbocycles. The van der Waals surface area contributed by atoms with E-state index < -0.39 is 18.0 Å². The van der Waals surface area contributed by atoms with Gasteiger partial charge in [-0.3, -0.25) is 14.3 Å². The number of aryl methyl sites for hydroxylation is 1. The van der Waals surface area contributed by atoms with Gasteiger partial charge in [-0.1, -0.05) is 24.3 Å². The van der Waals surface area contributed by atoms with Crippen LogP contribution in [0.4, 0.5) is 24.5 Å². The number of aromatic nitrogens is 2. The maximum Gasteiger partial charge on any atom is 0.573 e. The van der Waals surface area contributed by atoms with Crippen molar-refractivity contribution >= 4 is 23.2 Å². The van der Waals surface area contributed by atoms with Gasteiger partial charge in [0.05, 0.1) is 12.2 Å². The number of alkyl halides is 3. The van der Waals surface area contributed by atoms with E-state index in [1.54, 1.807) is 10.7 Å². The van der Waals surface area contributed by atoms with Crippen molar-refractivity contribution in [2.75, 3.05) is 36.4 Å². The van der Waals surface area contributed by atoms with Crippen LogP contribution in [0.3, 0.4) is 0 Å². The summed E-state index contributed by atoms with van der Waals surface area (Å²) in [5.41, 5.74) is 2.75. The number of benzene rings is 2. The third kappa shape index (κ3) is 6.09. The quantitative estimate of drug-likeness (QED) is 0.491. The van der Waals surface area contributed by atoms with Crippen molar-refractivity contribution in [3.63, 3.8) is 0 Å². The van der Waals surface area contributed by atoms with Crippen LogP contribution >= 0.6 is 0 Å². The second kappa shape index (κ2) is 10.4. The molecule has 2 amide bonds. The molecule has 0 bridgehead atoms. The second-order valence-electron chi connectivity index (χ2n) is 9.58. The van der Waals surface area contributed by atoms with Crippen LogP contribution in [-0.2, 0) is 11.3 Å². The standard InChI is InChI=1S/C27H28F3N5O3/c1-18-15-23(25(36)31-22-7-2-3-8-24(22)38-27(28,29)30)32-35(18)17-19-5-4-6-21(16-19)33-11-13-34(14-12-33)26(37)20-9-10-20/h2-8,15-16,20H,9-14,17H2,1H3,(H,31,36). The lowest BCUT2D eigenvalue weighted by atomic mass is 10.1. The van der Waals surface area contributed by atoms with Gasteiger partial charge in [-0.15, -0.1) is 13.2 Å². The third-order valence-electron chi connectivity index (χ3n) is 6.70. The molecule has 1 N–H and O–H groups in total. The van der Waals surface area contributed by atoms with Gasteiger partial charge in [0.2, 0.25) is 5.91 Å². The van der Waals surface area contributed by atoms with Crippen LogP contribution in [-0.4, -0.2) is 59.0 Å². The number of ether oxygens (including phenoxy) is 1. The van der Waals surface area contributed by atoms with Gasteiger partial charge in [-0.2, -0.15) is 5.10 Å². The molecule has 2 aromatic carbocycles. The number of anilines is 2. The zero-order valence-electron chi connectivity index (χ0n) is 20.9. The molecule has 3 aromatic rings. The van der Waals surface area contributed by atoms with Crippen LogP contribution in [0.15, 0.2) is 54.6 Å². The molecule has 0 unspecified atom stereocenters. The Morgan fingerprint density at radius 1 is 1.03 bits per heavy atom. The summed E-state index contributed by atoms with van der Waals surface area (Å²) in [7, 11) is 0. The molecule has 8 nitrogen and oxygen atoms in total. The lowest BCUT2D eigenvalue weighted by molar-refractivity contribution is -0.274. The number of amides is 2. The Morgan fingerprint density at radius 3 is 2.47 bits per heavy atom. The fraction of sp³-hybridized carbons (Fsp3) is 0.370. The minimum atomic E-state index is -4.88. The lowest BCUT2D eigenvalue weighted by Crippen LogP contribution is -2.49. The monoisotopic (exact) mass is 527 g/mol. The number of carbonyl (C=O) groups is 2. The summed E-state index contributed by atoms with van der Waals surface area (Å²) in [6.07, 6.45) is -2.86. The Bertz CT molecular complexity index is 1330. The van der Waals surface area contributed by atoms with Crippen LogP contribution < -0.4 is 15.0 Å². The van der Waals surface area contributed by atoms with Gasteiger partial charge in [-0.25, -0.2) is 0 Å². The highest BCUT2D eigenvalue weighted by Crippen LogP contribution is 2.32. The molecule has 0 spiro atoms. The number of carbonyl (C=O) groups excluding carboxylic acids is 2. The summed E-state index contributed by atoms with van der Waals surface area (Å²) in [6, 6.07) is 15.0. The van der Waals surface area contributed by atoms with Gasteiger partial charge in [0, 0.05) is 43.5 Å². The molecule has 38 heavy (non-hydrogen) atoms. The number of nitrogens with one attached hydrogen (secondary N) is 1. The Balaban J connectivity index is 1.23. The number of para-hydroxylation sites is 2. The van der Waals surface area contributed by atoms with E-state index in [2.05, 4.69) is 26.1 Å². The summed E-state index contributed by atoms with van der Waals surface area (Å²) in [6.45, 7) is 5.20. The molecule has 2 heterocycles. The molecule has 5 rings (SSSR count). The number of piperazine rings is 1. The fourth-order valence-corrected chi connectivity index (χ4v) is 4.55. The zero-order chi connectivity index (χ0) is 26.9. The highest BCUT2D eigenvalue weighted by atomic mass is 19.4. The first-order valence-electron chi connectivity index (χ1n) is 12.5. The summed E-state index contributed by atoms with van der Waals surface area (Å²) in [5, 5.41) is 6.84. The molecule has 2 aliphatic rings. The zero-order valence-corrected chi connectivity index (χ0v) is 20.9. The third-order valence-corrected chi connectivity index (χ3v) is 6.70. The average Bonchev–Trinajstić information content (AvgIpc) is 3.67. The van der Waals surface area contributed by atoms with Crippen LogP contribution in [0, 0.1) is 12.8 Å². The second-order valence-corrected chi connectivity index (χ2v) is 9.58. The van der Waals surface area contributed by atoms with E-state index in [0.717, 1.165) is 48.9 Å². The normalized spacial score (nSPS) is 15.9. The highest BCUT2D eigenvalue weighted by Gasteiger charge is 2.35. The fourth-order valence-electron chi connectivity index (χ4n) is 4.55. The molecule has 1 saturated heterocycles. The molecular weight excluding hydrogens is 499 g/mol. The number of rotatable bonds is 7. The van der Waals surface area contributed by atoms with Gasteiger partial charge < -0.3 is 19.9 Å². The van der Waals surface area contributed by atoms with Crippen molar-refractivity contribution in [1.29, 1.82) is 0 Å². The molecule has 11 heteroatoms. The molecule has 1 aliphatic heterocycles. The van der Waals surface area contributed by atoms with Gasteiger partial charge in [-0.05, 0) is 55.7 Å². The van der Waals surface area contributed by atoms with E-state index in [-0.39, 0.29) is 23.2 Å². The average molecular weight is 528 g/mol. The van der Waals surface area contributed by atoms with Crippen molar-refractivity contribution < 1.29 is 27.5 Å². The minimum absolute atomic E-state index is 0.0805. The first-order chi connectivity index (χ1) is 18.2. The van der Waals surface area contributed by atoms with Crippen molar-refractivity contribution in [2.24, 2.45) is 5.92 Å². The first kappa shape index (κ1) is 25.6. The summed E-state index contributed by atoms with van der Waals surface area (Å²) in [4.78, 5) is 29.3. The molecular formula is C27H28F3N5O3. The summed E-state index contributed by atoms with van der Waals surface area (Å²) >= 11 is 0. The van der Waals surface area contributed by atoms with Crippen LogP contribution in [0.25, 0.3) is 0 Å². The van der Waals surface area contributed by atoms with E-state index in [9.17, 15) is 22.8 Å². The van der Waals surface area contributed by atoms with E-state index in [1.165, 1.54) is 18.2 Å². The molecule has 0 radical (unpaired) electrons. The van der Waals surface area contributed by atoms with Gasteiger partial charge in [0.15, 0.2) is 11.4 Å². The van der Waals surface area contributed by atoms with Crippen LogP contribution in [0.2, 0.25) is 0 Å². The van der Waals surface area contributed by atoms with Gasteiger partial charge in [0.1, 0.15) is 0 Å². The number of hydrogen-bond donors (Lipinski definition) is 1. The van der Waals surface area contributed by atoms with Gasteiger partial charge >= 0.3 is 6.36 Å². The topological polar surface area (TPSA) is 79.7 Å². The van der Waals surface area contributed by atoms with Gasteiger partial charge in [0.25, 0.3) is 5.91 Å². The smallest absolute Gasteiger partial charge is 0.404 e.